The topological polar surface area (TPSA) is 158 Å². The minimum Gasteiger partial charge on any atom is -0.494 e. The highest BCUT2D eigenvalue weighted by Crippen LogP contribution is 2.41. The fourth-order valence-corrected chi connectivity index (χ4v) is 8.40. The monoisotopic (exact) mass is 798 g/mol. The summed E-state index contributed by atoms with van der Waals surface area (Å²) in [4.78, 5) is 48.2. The quantitative estimate of drug-likeness (QED) is 0.142. The molecule has 0 unspecified atom stereocenters. The van der Waals surface area contributed by atoms with Crippen molar-refractivity contribution in [1.29, 1.82) is 0 Å². The molecule has 0 saturated carbocycles. The van der Waals surface area contributed by atoms with Crippen LogP contribution in [-0.2, 0) is 15.9 Å². The number of fused-ring (bicyclic) bond motifs is 1. The zero-order chi connectivity index (χ0) is 37.3. The molecule has 2 aliphatic heterocycles. The highest BCUT2D eigenvalue weighted by atomic mass is 79.9. The zero-order valence-corrected chi connectivity index (χ0v) is 32.4. The van der Waals surface area contributed by atoms with Crippen molar-refractivity contribution in [3.8, 4) is 5.75 Å². The van der Waals surface area contributed by atoms with Gasteiger partial charge in [0.1, 0.15) is 24.2 Å². The largest absolute Gasteiger partial charge is 0.494 e. The third-order valence-corrected chi connectivity index (χ3v) is 11.4. The van der Waals surface area contributed by atoms with E-state index in [1.54, 1.807) is 43.9 Å². The van der Waals surface area contributed by atoms with Gasteiger partial charge < -0.3 is 24.8 Å². The predicted octanol–water partition coefficient (Wildman–Crippen LogP) is 6.00. The molecule has 7 rings (SSSR count). The number of aryl methyl sites for hydroxylation is 1. The summed E-state index contributed by atoms with van der Waals surface area (Å²) >= 11 is 3.57. The van der Waals surface area contributed by atoms with E-state index in [0.717, 1.165) is 55.3 Å². The molecule has 0 bridgehead atoms. The minimum atomic E-state index is -2.77. The third kappa shape index (κ3) is 7.97. The van der Waals surface area contributed by atoms with Crippen molar-refractivity contribution in [2.75, 3.05) is 73.6 Å². The SMILES string of the molecule is COc1cc(N2CCN(Cc3ccc(N4CCC(=O)NC4=O)cc3)CC2)c(C)cc1Nc1ncc(Br)c(Nc2ccc3nccnc3c2P(C)(C)=O)n1. The number of imide groups is 1. The van der Waals surface area contributed by atoms with Crippen LogP contribution >= 0.6 is 23.1 Å². The number of carbonyl (C=O) groups excluding carboxylic acids is 2. The summed E-state index contributed by atoms with van der Waals surface area (Å²) in [6.07, 6.45) is 5.18. The van der Waals surface area contributed by atoms with Gasteiger partial charge in [-0.15, -0.1) is 0 Å². The predicted molar refractivity (Wildman–Crippen MR) is 212 cm³/mol. The molecule has 2 aromatic heterocycles. The van der Waals surface area contributed by atoms with Gasteiger partial charge in [-0.05, 0) is 77.6 Å². The number of anilines is 6. The van der Waals surface area contributed by atoms with Crippen molar-refractivity contribution in [2.24, 2.45) is 0 Å². The van der Waals surface area contributed by atoms with E-state index < -0.39 is 7.14 Å². The van der Waals surface area contributed by atoms with Crippen molar-refractivity contribution in [3.63, 3.8) is 0 Å². The van der Waals surface area contributed by atoms with Crippen LogP contribution in [0.5, 0.6) is 5.75 Å². The van der Waals surface area contributed by atoms with Crippen molar-refractivity contribution >= 4 is 85.9 Å². The van der Waals surface area contributed by atoms with Crippen LogP contribution in [-0.4, -0.2) is 89.9 Å². The van der Waals surface area contributed by atoms with Crippen LogP contribution in [0.1, 0.15) is 17.5 Å². The first-order valence-corrected chi connectivity index (χ1v) is 20.6. The second-order valence-corrected chi connectivity index (χ2v) is 17.4. The number of aromatic nitrogens is 4. The van der Waals surface area contributed by atoms with E-state index in [0.29, 0.717) is 57.0 Å². The second-order valence-electron chi connectivity index (χ2n) is 13.4. The Morgan fingerprint density at radius 1 is 0.925 bits per heavy atom. The Kier molecular flexibility index (Phi) is 10.3. The van der Waals surface area contributed by atoms with Crippen LogP contribution in [0.15, 0.2) is 71.6 Å². The molecule has 53 heavy (non-hydrogen) atoms. The van der Waals surface area contributed by atoms with Gasteiger partial charge in [0.05, 0.1) is 33.8 Å². The fourth-order valence-electron chi connectivity index (χ4n) is 6.71. The Labute approximate surface area is 315 Å². The Morgan fingerprint density at radius 2 is 1.68 bits per heavy atom. The number of carbonyl (C=O) groups is 2. The lowest BCUT2D eigenvalue weighted by molar-refractivity contribution is -0.120. The number of methoxy groups -OCH3 is 1. The van der Waals surface area contributed by atoms with Crippen molar-refractivity contribution in [3.05, 3.63) is 82.7 Å². The number of benzene rings is 3. The van der Waals surface area contributed by atoms with Crippen LogP contribution in [0.3, 0.4) is 0 Å². The van der Waals surface area contributed by atoms with Gasteiger partial charge in [-0.3, -0.25) is 29.9 Å². The zero-order valence-electron chi connectivity index (χ0n) is 29.9. The summed E-state index contributed by atoms with van der Waals surface area (Å²) in [6.45, 7) is 10.2. The summed E-state index contributed by atoms with van der Waals surface area (Å²) in [5, 5.41) is 9.67. The molecule has 274 valence electrons. The lowest BCUT2D eigenvalue weighted by Gasteiger charge is -2.37. The van der Waals surface area contributed by atoms with Crippen LogP contribution in [0.2, 0.25) is 0 Å². The summed E-state index contributed by atoms with van der Waals surface area (Å²) in [7, 11) is -1.12. The highest BCUT2D eigenvalue weighted by Gasteiger charge is 2.26. The normalized spacial score (nSPS) is 15.4. The highest BCUT2D eigenvalue weighted by molar-refractivity contribution is 9.10. The van der Waals surface area contributed by atoms with Crippen LogP contribution in [0.25, 0.3) is 11.0 Å². The average Bonchev–Trinajstić information content (AvgIpc) is 3.13. The first-order valence-electron chi connectivity index (χ1n) is 17.2. The number of urea groups is 1. The molecule has 4 heterocycles. The summed E-state index contributed by atoms with van der Waals surface area (Å²) in [5.41, 5.74) is 6.76. The smallest absolute Gasteiger partial charge is 0.328 e. The lowest BCUT2D eigenvalue weighted by atomic mass is 10.1. The molecule has 0 atom stereocenters. The van der Waals surface area contributed by atoms with Crippen LogP contribution in [0, 0.1) is 6.92 Å². The molecule has 14 nitrogen and oxygen atoms in total. The molecule has 0 spiro atoms. The number of rotatable bonds is 10. The van der Waals surface area contributed by atoms with Crippen molar-refractivity contribution in [1.82, 2.24) is 30.2 Å². The van der Waals surface area contributed by atoms with Crippen molar-refractivity contribution < 1.29 is 18.9 Å². The van der Waals surface area contributed by atoms with Crippen LogP contribution in [0.4, 0.5) is 39.3 Å². The molecule has 3 N–H and O–H groups in total. The van der Waals surface area contributed by atoms with E-state index in [1.807, 2.05) is 42.5 Å². The van der Waals surface area contributed by atoms with E-state index in [9.17, 15) is 14.2 Å². The van der Waals surface area contributed by atoms with E-state index in [-0.39, 0.29) is 11.9 Å². The Bertz CT molecular complexity index is 2240. The van der Waals surface area contributed by atoms with Gasteiger partial charge in [-0.2, -0.15) is 4.98 Å². The number of hydrogen-bond donors (Lipinski definition) is 3. The maximum Gasteiger partial charge on any atom is 0.328 e. The number of hydrogen-bond acceptors (Lipinski definition) is 12. The van der Waals surface area contributed by atoms with E-state index >= 15 is 0 Å². The fraction of sp³-hybridized carbons (Fsp3) is 0.297. The van der Waals surface area contributed by atoms with Crippen molar-refractivity contribution in [2.45, 2.75) is 19.9 Å². The Balaban J connectivity index is 1.02. The van der Waals surface area contributed by atoms with E-state index in [4.69, 9.17) is 9.72 Å². The summed E-state index contributed by atoms with van der Waals surface area (Å²) < 4.78 is 19.9. The Morgan fingerprint density at radius 3 is 2.40 bits per heavy atom. The van der Waals surface area contributed by atoms with Gasteiger partial charge in [0.2, 0.25) is 11.9 Å². The second kappa shape index (κ2) is 15.1. The molecule has 2 saturated heterocycles. The third-order valence-electron chi connectivity index (χ3n) is 9.34. The van der Waals surface area contributed by atoms with Gasteiger partial charge in [-0.1, -0.05) is 12.1 Å². The minimum absolute atomic E-state index is 0.238. The van der Waals surface area contributed by atoms with Gasteiger partial charge in [0.15, 0.2) is 0 Å². The number of piperazine rings is 1. The standard InChI is InChI=1S/C37H40BrN10O4P/c1-23-19-29(43-36-41-21-26(38)35(45-36)42-28-10-9-27-33(40-13-12-39-27)34(28)53(3,4)51)31(52-2)20-30(23)47-17-15-46(16-18-47)22-24-5-7-25(8-6-24)48-14-11-32(49)44-37(48)50/h5-10,12-13,19-21H,11,14-18,22H2,1-4H3,(H,44,49,50)(H2,41,42,43,45). The molecule has 0 aliphatic carbocycles. The molecule has 2 fully saturated rings. The van der Waals surface area contributed by atoms with Gasteiger partial charge >= 0.3 is 6.03 Å². The van der Waals surface area contributed by atoms with Gasteiger partial charge in [0.25, 0.3) is 0 Å². The molecule has 16 heteroatoms. The molecule has 5 aromatic rings. The molecule has 2 aliphatic rings. The molecule has 0 radical (unpaired) electrons. The maximum atomic E-state index is 13.4. The number of ether oxygens (including phenoxy) is 1. The van der Waals surface area contributed by atoms with E-state index in [2.05, 4.69) is 69.6 Å². The number of amides is 3. The molecule has 3 aromatic carbocycles. The average molecular weight is 800 g/mol. The van der Waals surface area contributed by atoms with Crippen LogP contribution < -0.4 is 35.8 Å². The molecular weight excluding hydrogens is 759 g/mol. The lowest BCUT2D eigenvalue weighted by Crippen LogP contribution is -2.49. The first kappa shape index (κ1) is 36.3. The van der Waals surface area contributed by atoms with Gasteiger partial charge in [0, 0.05) is 81.7 Å². The first-order chi connectivity index (χ1) is 25.5. The van der Waals surface area contributed by atoms with Gasteiger partial charge in [-0.25, -0.2) is 9.78 Å². The molecular formula is C37H40BrN10O4P. The number of halogens is 1. The Hall–Kier alpha value is -5.11. The number of nitrogens with zero attached hydrogens (tertiary/aromatic N) is 7. The summed E-state index contributed by atoms with van der Waals surface area (Å²) in [6, 6.07) is 15.4. The maximum absolute atomic E-state index is 13.4. The molecule has 3 amide bonds. The van der Waals surface area contributed by atoms with E-state index in [1.165, 1.54) is 5.56 Å². The summed E-state index contributed by atoms with van der Waals surface area (Å²) in [5.74, 6) is 1.27. The number of nitrogens with one attached hydrogen (secondary N) is 3.